The molecule has 2 heterocycles. The first kappa shape index (κ1) is 38.9. The van der Waals surface area contributed by atoms with Gasteiger partial charge in [0.25, 0.3) is 0 Å². The molecular weight excluding hydrogens is 869 g/mol. The molecule has 0 N–H and O–H groups in total. The summed E-state index contributed by atoms with van der Waals surface area (Å²) < 4.78 is 6.70. The summed E-state index contributed by atoms with van der Waals surface area (Å²) in [5, 5.41) is 3.70. The molecule has 294 valence electrons. The van der Waals surface area contributed by atoms with E-state index >= 15 is 0 Å². The Balaban J connectivity index is 1.19. The Hall–Kier alpha value is -6.32. The van der Waals surface area contributed by atoms with Crippen molar-refractivity contribution in [1.82, 2.24) is 4.57 Å². The fourth-order valence-electron chi connectivity index (χ4n) is 8.82. The quantitative estimate of drug-likeness (QED) is 0.0588. The molecule has 0 fully saturated rings. The van der Waals surface area contributed by atoms with Crippen molar-refractivity contribution in [3.8, 4) is 39.1 Å². The Bertz CT molecular complexity index is 3220. The van der Waals surface area contributed by atoms with Crippen LogP contribution in [0.2, 0.25) is 0 Å². The van der Waals surface area contributed by atoms with Crippen molar-refractivity contribution in [2.45, 2.75) is 18.3 Å². The molecule has 61 heavy (non-hydrogen) atoms. The molecule has 1 aliphatic heterocycles. The molecule has 0 saturated carbocycles. The number of benzene rings is 8. The van der Waals surface area contributed by atoms with E-state index in [4.69, 9.17) is 0 Å². The van der Waals surface area contributed by atoms with Gasteiger partial charge in [-0.3, -0.25) is 0 Å². The third-order valence-corrected chi connectivity index (χ3v) is 19.0. The summed E-state index contributed by atoms with van der Waals surface area (Å²) >= 11 is -1.86. The molecule has 1 aliphatic rings. The molecule has 8 aromatic carbocycles. The van der Waals surface area contributed by atoms with E-state index in [0.29, 0.717) is 0 Å². The Labute approximate surface area is 368 Å². The summed E-state index contributed by atoms with van der Waals surface area (Å²) in [5.41, 5.74) is 18.4. The van der Waals surface area contributed by atoms with Gasteiger partial charge < -0.3 is 0 Å². The van der Waals surface area contributed by atoms with Gasteiger partial charge in [0.2, 0.25) is 0 Å². The average molecular weight is 914 g/mol. The minimum absolute atomic E-state index is 0.945. The summed E-state index contributed by atoms with van der Waals surface area (Å²) in [5.74, 6) is 0. The molecule has 0 amide bonds. The number of hydrogen-bond acceptors (Lipinski definition) is 0. The standard InChI is InChI=1S/C58H45INP/c1-39(42-18-7-5-8-19-42)34-58(61-4)41(3)40(2)53-36-46(45-24-17-23-44(35-45)43-20-9-6-10-21-43)30-33-56(53)60-55-29-16-14-27-51(55)52-32-31-48(37-57(52)60)59-38-47-22-11-12-25-49(47)50-26-13-15-28-54(50)59/h5-37H,1,4,38H2,2-3H3/b41-40+,58-34+. The van der Waals surface area contributed by atoms with E-state index in [1.165, 1.54) is 86.7 Å². The van der Waals surface area contributed by atoms with Crippen LogP contribution in [0.3, 0.4) is 0 Å². The summed E-state index contributed by atoms with van der Waals surface area (Å²) in [7, 11) is 0.945. The maximum atomic E-state index is 4.48. The van der Waals surface area contributed by atoms with Crippen LogP contribution in [-0.2, 0) is 4.43 Å². The van der Waals surface area contributed by atoms with Gasteiger partial charge in [-0.2, -0.15) is 0 Å². The fourth-order valence-corrected chi connectivity index (χ4v) is 15.6. The van der Waals surface area contributed by atoms with Gasteiger partial charge in [0, 0.05) is 0 Å². The molecule has 0 radical (unpaired) electrons. The second-order valence-corrected chi connectivity index (χ2v) is 21.7. The van der Waals surface area contributed by atoms with Crippen molar-refractivity contribution >= 4 is 67.3 Å². The fraction of sp³-hybridized carbons (Fsp3) is 0.0517. The van der Waals surface area contributed by atoms with Crippen LogP contribution in [0.5, 0.6) is 0 Å². The minimum atomic E-state index is -1.86. The van der Waals surface area contributed by atoms with Crippen molar-refractivity contribution < 1.29 is 0 Å². The van der Waals surface area contributed by atoms with Crippen molar-refractivity contribution in [3.05, 3.63) is 241 Å². The summed E-state index contributed by atoms with van der Waals surface area (Å²) in [4.78, 5) is 0. The van der Waals surface area contributed by atoms with E-state index in [1.54, 1.807) is 3.57 Å². The van der Waals surface area contributed by atoms with Crippen molar-refractivity contribution in [2.75, 3.05) is 0 Å². The Morgan fingerprint density at radius 2 is 1.21 bits per heavy atom. The average Bonchev–Trinajstić information content (AvgIpc) is 3.66. The van der Waals surface area contributed by atoms with E-state index < -0.39 is 19.8 Å². The molecular formula is C58H45INP. The number of rotatable bonds is 9. The number of hydrogen-bond donors (Lipinski definition) is 0. The molecule has 0 aliphatic carbocycles. The number of aromatic nitrogens is 1. The van der Waals surface area contributed by atoms with Crippen molar-refractivity contribution in [2.24, 2.45) is 0 Å². The van der Waals surface area contributed by atoms with Crippen LogP contribution in [0.15, 0.2) is 218 Å². The van der Waals surface area contributed by atoms with Gasteiger partial charge in [0.05, 0.1) is 0 Å². The van der Waals surface area contributed by atoms with Crippen LogP contribution in [0.4, 0.5) is 0 Å². The zero-order valence-electron chi connectivity index (χ0n) is 34.4. The van der Waals surface area contributed by atoms with Gasteiger partial charge in [-0.25, -0.2) is 0 Å². The first-order valence-corrected chi connectivity index (χ1v) is 25.5. The predicted molar refractivity (Wildman–Crippen MR) is 275 cm³/mol. The molecule has 0 bridgehead atoms. The maximum absolute atomic E-state index is 4.48. The number of nitrogens with zero attached hydrogens (tertiary/aromatic N) is 1. The molecule has 3 heteroatoms. The SMILES string of the molecule is C=PC(=C/C(=C)c1ccccc1)/C(C)=C(\C)c1cc(-c2cccc(-c3ccccc3)c2)ccc1-n1c2ccccc2c2ccc(I3Cc4ccccc4-c4ccccc43)cc21. The number of halogens is 1. The molecule has 0 unspecified atom stereocenters. The molecule has 1 aromatic heterocycles. The van der Waals surface area contributed by atoms with Crippen LogP contribution in [0.1, 0.15) is 30.5 Å². The van der Waals surface area contributed by atoms with Crippen LogP contribution < -0.4 is 0 Å². The Morgan fingerprint density at radius 1 is 0.574 bits per heavy atom. The molecule has 0 spiro atoms. The molecule has 0 saturated heterocycles. The molecule has 9 aromatic rings. The van der Waals surface area contributed by atoms with E-state index in [1.807, 2.05) is 6.07 Å². The first-order chi connectivity index (χ1) is 30.0. The molecule has 1 nitrogen and oxygen atoms in total. The number of para-hydroxylation sites is 1. The monoisotopic (exact) mass is 913 g/mol. The first-order valence-electron chi connectivity index (χ1n) is 20.7. The van der Waals surface area contributed by atoms with E-state index in [-0.39, 0.29) is 0 Å². The Morgan fingerprint density at radius 3 is 2.02 bits per heavy atom. The van der Waals surface area contributed by atoms with Gasteiger partial charge in [-0.1, -0.05) is 60.7 Å². The third kappa shape index (κ3) is 7.24. The van der Waals surface area contributed by atoms with Crippen molar-refractivity contribution in [3.63, 3.8) is 0 Å². The number of fused-ring (bicyclic) bond motifs is 6. The summed E-state index contributed by atoms with van der Waals surface area (Å²) in [6.45, 7) is 9.02. The van der Waals surface area contributed by atoms with Crippen LogP contribution in [0, 0.1) is 7.14 Å². The second kappa shape index (κ2) is 16.6. The number of alkyl halides is 1. The normalized spacial score (nSPS) is 13.5. The predicted octanol–water partition coefficient (Wildman–Crippen LogP) is 16.6. The second-order valence-electron chi connectivity index (χ2n) is 15.7. The topological polar surface area (TPSA) is 4.93 Å². The van der Waals surface area contributed by atoms with Gasteiger partial charge in [0.15, 0.2) is 0 Å². The van der Waals surface area contributed by atoms with Gasteiger partial charge in [-0.15, -0.1) is 0 Å². The van der Waals surface area contributed by atoms with E-state index in [2.05, 4.69) is 225 Å². The zero-order valence-corrected chi connectivity index (χ0v) is 37.5. The summed E-state index contributed by atoms with van der Waals surface area (Å²) in [6.07, 6.45) is 6.62. The van der Waals surface area contributed by atoms with Crippen LogP contribution in [-0.4, -0.2) is 10.9 Å². The number of allylic oxidation sites excluding steroid dienone is 5. The van der Waals surface area contributed by atoms with E-state index in [9.17, 15) is 0 Å². The third-order valence-electron chi connectivity index (χ3n) is 12.1. The zero-order chi connectivity index (χ0) is 41.5. The Kier molecular flexibility index (Phi) is 10.6. The van der Waals surface area contributed by atoms with Crippen molar-refractivity contribution in [1.29, 1.82) is 0 Å². The van der Waals surface area contributed by atoms with E-state index in [0.717, 1.165) is 29.1 Å². The molecule has 10 rings (SSSR count). The van der Waals surface area contributed by atoms with Gasteiger partial charge in [-0.05, 0) is 0 Å². The van der Waals surface area contributed by atoms with Gasteiger partial charge in [0.1, 0.15) is 0 Å². The van der Waals surface area contributed by atoms with Crippen LogP contribution in [0.25, 0.3) is 72.0 Å². The van der Waals surface area contributed by atoms with Crippen LogP contribution >= 0.6 is 28.0 Å². The van der Waals surface area contributed by atoms with Gasteiger partial charge >= 0.3 is 310 Å². The molecule has 0 atom stereocenters. The summed E-state index contributed by atoms with van der Waals surface area (Å²) in [6, 6.07) is 71.6.